The lowest BCUT2D eigenvalue weighted by atomic mass is 9.78. The first-order valence-corrected chi connectivity index (χ1v) is 6.80. The molecule has 3 rings (SSSR count). The van der Waals surface area contributed by atoms with Crippen molar-refractivity contribution in [2.45, 2.75) is 25.2 Å². The highest BCUT2D eigenvalue weighted by Gasteiger charge is 2.29. The molecule has 0 amide bonds. The van der Waals surface area contributed by atoms with Crippen molar-refractivity contribution in [3.63, 3.8) is 0 Å². The van der Waals surface area contributed by atoms with Gasteiger partial charge in [0.1, 0.15) is 10.0 Å². The Morgan fingerprint density at radius 3 is 3.00 bits per heavy atom. The van der Waals surface area contributed by atoms with Crippen molar-refractivity contribution in [1.82, 2.24) is 10.2 Å². The predicted molar refractivity (Wildman–Crippen MR) is 69.3 cm³/mol. The zero-order valence-corrected chi connectivity index (χ0v) is 10.4. The Hall–Kier alpha value is -1.26. The molecule has 0 saturated carbocycles. The van der Waals surface area contributed by atoms with Crippen LogP contribution in [0.3, 0.4) is 0 Å². The van der Waals surface area contributed by atoms with E-state index in [1.165, 1.54) is 11.1 Å². The number of fused-ring (bicyclic) bond motifs is 1. The monoisotopic (exact) mass is 245 g/mol. The van der Waals surface area contributed by atoms with Gasteiger partial charge in [-0.05, 0) is 30.5 Å². The van der Waals surface area contributed by atoms with E-state index in [-0.39, 0.29) is 0 Å². The molecule has 3 nitrogen and oxygen atoms in total. The van der Waals surface area contributed by atoms with Crippen molar-refractivity contribution >= 4 is 11.3 Å². The van der Waals surface area contributed by atoms with Gasteiger partial charge in [-0.2, -0.15) is 0 Å². The highest BCUT2D eigenvalue weighted by Crippen LogP contribution is 2.40. The van der Waals surface area contributed by atoms with Crippen molar-refractivity contribution in [1.29, 1.82) is 0 Å². The Bertz CT molecular complexity index is 521. The fraction of sp³-hybridized carbons (Fsp3) is 0.385. The second-order valence-electron chi connectivity index (χ2n) is 4.38. The average molecular weight is 245 g/mol. The van der Waals surface area contributed by atoms with Crippen molar-refractivity contribution in [2.75, 3.05) is 6.54 Å². The second kappa shape index (κ2) is 4.55. The molecule has 17 heavy (non-hydrogen) atoms. The second-order valence-corrected chi connectivity index (χ2v) is 5.48. The van der Waals surface area contributed by atoms with Crippen molar-refractivity contribution in [2.24, 2.45) is 5.73 Å². The third-order valence-corrected chi connectivity index (χ3v) is 4.33. The summed E-state index contributed by atoms with van der Waals surface area (Å²) in [6.45, 7) is 0.723. The fourth-order valence-corrected chi connectivity index (χ4v) is 3.24. The number of hydrogen-bond donors (Lipinski definition) is 1. The number of aromatic nitrogens is 2. The van der Waals surface area contributed by atoms with Crippen LogP contribution in [-0.4, -0.2) is 16.7 Å². The van der Waals surface area contributed by atoms with Gasteiger partial charge in [-0.15, -0.1) is 21.5 Å². The standard InChI is InChI=1S/C13H15N3S/c14-7-3-6-12-15-16-13(17-12)11-8-9-4-1-2-5-10(9)11/h1-2,4-5,11H,3,6-8,14H2. The van der Waals surface area contributed by atoms with E-state index in [2.05, 4.69) is 34.5 Å². The van der Waals surface area contributed by atoms with Gasteiger partial charge in [0.15, 0.2) is 0 Å². The molecule has 0 fully saturated rings. The third-order valence-electron chi connectivity index (χ3n) is 3.23. The number of aryl methyl sites for hydroxylation is 1. The number of nitrogens with zero attached hydrogens (tertiary/aromatic N) is 2. The molecule has 0 radical (unpaired) electrons. The smallest absolute Gasteiger partial charge is 0.125 e. The molecule has 88 valence electrons. The minimum absolute atomic E-state index is 0.482. The quantitative estimate of drug-likeness (QED) is 0.897. The highest BCUT2D eigenvalue weighted by molar-refractivity contribution is 7.11. The molecule has 4 heteroatoms. The SMILES string of the molecule is NCCCc1nnc(C2Cc3ccccc32)s1. The van der Waals surface area contributed by atoms with Crippen LogP contribution in [0.15, 0.2) is 24.3 Å². The van der Waals surface area contributed by atoms with Crippen molar-refractivity contribution in [3.8, 4) is 0 Å². The van der Waals surface area contributed by atoms with E-state index in [4.69, 9.17) is 5.73 Å². The third kappa shape index (κ3) is 1.98. The van der Waals surface area contributed by atoms with Gasteiger partial charge in [0.25, 0.3) is 0 Å². The lowest BCUT2D eigenvalue weighted by Crippen LogP contribution is -2.17. The minimum Gasteiger partial charge on any atom is -0.330 e. The first-order valence-electron chi connectivity index (χ1n) is 5.98. The summed E-state index contributed by atoms with van der Waals surface area (Å²) >= 11 is 1.74. The first kappa shape index (κ1) is 10.9. The van der Waals surface area contributed by atoms with E-state index in [0.29, 0.717) is 5.92 Å². The van der Waals surface area contributed by atoms with Crippen LogP contribution in [-0.2, 0) is 12.8 Å². The molecule has 1 aromatic heterocycles. The fourth-order valence-electron chi connectivity index (χ4n) is 2.24. The largest absolute Gasteiger partial charge is 0.330 e. The van der Waals surface area contributed by atoms with Crippen LogP contribution in [0, 0.1) is 0 Å². The number of nitrogens with two attached hydrogens (primary N) is 1. The number of benzene rings is 1. The van der Waals surface area contributed by atoms with Crippen LogP contribution in [0.1, 0.15) is 33.5 Å². The topological polar surface area (TPSA) is 51.8 Å². The van der Waals surface area contributed by atoms with Gasteiger partial charge in [-0.1, -0.05) is 24.3 Å². The number of hydrogen-bond acceptors (Lipinski definition) is 4. The van der Waals surface area contributed by atoms with Gasteiger partial charge in [-0.3, -0.25) is 0 Å². The van der Waals surface area contributed by atoms with Gasteiger partial charge < -0.3 is 5.73 Å². The van der Waals surface area contributed by atoms with Gasteiger partial charge in [0.05, 0.1) is 0 Å². The molecule has 0 spiro atoms. The summed E-state index contributed by atoms with van der Waals surface area (Å²) in [6, 6.07) is 8.59. The van der Waals surface area contributed by atoms with E-state index in [9.17, 15) is 0 Å². The summed E-state index contributed by atoms with van der Waals surface area (Å²) in [4.78, 5) is 0. The highest BCUT2D eigenvalue weighted by atomic mass is 32.1. The molecule has 0 saturated heterocycles. The van der Waals surface area contributed by atoms with Crippen LogP contribution < -0.4 is 5.73 Å². The summed E-state index contributed by atoms with van der Waals surface area (Å²) in [6.07, 6.45) is 3.07. The molecule has 1 heterocycles. The Balaban J connectivity index is 1.76. The molecule has 0 bridgehead atoms. The predicted octanol–water partition coefficient (Wildman–Crippen LogP) is 2.12. The van der Waals surface area contributed by atoms with Crippen LogP contribution >= 0.6 is 11.3 Å². The average Bonchev–Trinajstić information content (AvgIpc) is 2.76. The van der Waals surface area contributed by atoms with Gasteiger partial charge >= 0.3 is 0 Å². The molecule has 1 aliphatic rings. The maximum absolute atomic E-state index is 5.50. The Morgan fingerprint density at radius 2 is 2.18 bits per heavy atom. The molecule has 2 N–H and O–H groups in total. The van der Waals surface area contributed by atoms with Crippen molar-refractivity contribution < 1.29 is 0 Å². The Morgan fingerprint density at radius 1 is 1.29 bits per heavy atom. The summed E-state index contributed by atoms with van der Waals surface area (Å²) in [7, 11) is 0. The molecule has 1 atom stereocenters. The van der Waals surface area contributed by atoms with Crippen LogP contribution in [0.25, 0.3) is 0 Å². The summed E-state index contributed by atoms with van der Waals surface area (Å²) in [5.41, 5.74) is 8.38. The summed E-state index contributed by atoms with van der Waals surface area (Å²) < 4.78 is 0. The van der Waals surface area contributed by atoms with Crippen LogP contribution in [0.2, 0.25) is 0 Å². The Kier molecular flexibility index (Phi) is 2.91. The molecule has 1 aliphatic carbocycles. The minimum atomic E-state index is 0.482. The van der Waals surface area contributed by atoms with Gasteiger partial charge in [0, 0.05) is 12.3 Å². The molecule has 2 aromatic rings. The van der Waals surface area contributed by atoms with Crippen molar-refractivity contribution in [3.05, 3.63) is 45.4 Å². The zero-order chi connectivity index (χ0) is 11.7. The van der Waals surface area contributed by atoms with Gasteiger partial charge in [-0.25, -0.2) is 0 Å². The van der Waals surface area contributed by atoms with E-state index < -0.39 is 0 Å². The van der Waals surface area contributed by atoms with E-state index >= 15 is 0 Å². The number of rotatable bonds is 4. The van der Waals surface area contributed by atoms with E-state index in [1.54, 1.807) is 11.3 Å². The lowest BCUT2D eigenvalue weighted by Gasteiger charge is -2.27. The van der Waals surface area contributed by atoms with Crippen LogP contribution in [0.4, 0.5) is 0 Å². The normalized spacial score (nSPS) is 17.6. The summed E-state index contributed by atoms with van der Waals surface area (Å²) in [5, 5.41) is 10.8. The first-order chi connectivity index (χ1) is 8.38. The van der Waals surface area contributed by atoms with E-state index in [1.807, 2.05) is 0 Å². The van der Waals surface area contributed by atoms with E-state index in [0.717, 1.165) is 35.8 Å². The lowest BCUT2D eigenvalue weighted by molar-refractivity contribution is 0.690. The zero-order valence-electron chi connectivity index (χ0n) is 9.60. The molecule has 0 aliphatic heterocycles. The molecule has 1 aromatic carbocycles. The summed E-state index contributed by atoms with van der Waals surface area (Å²) in [5.74, 6) is 0.482. The maximum atomic E-state index is 5.50. The molecular formula is C13H15N3S. The van der Waals surface area contributed by atoms with Crippen LogP contribution in [0.5, 0.6) is 0 Å². The van der Waals surface area contributed by atoms with Gasteiger partial charge in [0.2, 0.25) is 0 Å². The Labute approximate surface area is 105 Å². The molecule has 1 unspecified atom stereocenters. The maximum Gasteiger partial charge on any atom is 0.125 e. The molecular weight excluding hydrogens is 230 g/mol.